The molecule has 1 aromatic carbocycles. The van der Waals surface area contributed by atoms with Crippen molar-refractivity contribution in [2.75, 3.05) is 0 Å². The van der Waals surface area contributed by atoms with Crippen LogP contribution in [0, 0.1) is 0 Å². The van der Waals surface area contributed by atoms with Gasteiger partial charge in [0.05, 0.1) is 5.60 Å². The molecule has 174 valence electrons. The third kappa shape index (κ3) is 3.60. The van der Waals surface area contributed by atoms with Gasteiger partial charge in [0.1, 0.15) is 24.4 Å². The molecule has 0 bridgehead atoms. The van der Waals surface area contributed by atoms with Crippen LogP contribution in [0.15, 0.2) is 27.4 Å². The van der Waals surface area contributed by atoms with Gasteiger partial charge in [-0.3, -0.25) is 0 Å². The molecule has 1 aromatic heterocycles. The van der Waals surface area contributed by atoms with Gasteiger partial charge in [-0.05, 0) is 26.0 Å². The van der Waals surface area contributed by atoms with Crippen LogP contribution in [0.4, 0.5) is 0 Å². The number of hydrogen-bond acceptors (Lipinski definition) is 11. The SMILES string of the molecule is CC(C)(O)C1Oc2c(cc3ccc(=O)oc3c2OC2OC(C(=O)O)C(O)C(O)C2O)C1O. The summed E-state index contributed by atoms with van der Waals surface area (Å²) in [6.07, 6.45) is -11.9. The van der Waals surface area contributed by atoms with Crippen molar-refractivity contribution in [3.63, 3.8) is 0 Å². The number of carbonyl (C=O) groups is 1. The first-order chi connectivity index (χ1) is 14.9. The molecule has 1 saturated heterocycles. The average molecular weight is 454 g/mol. The summed E-state index contributed by atoms with van der Waals surface area (Å²) >= 11 is 0. The fourth-order valence-corrected chi connectivity index (χ4v) is 3.78. The number of benzene rings is 1. The summed E-state index contributed by atoms with van der Waals surface area (Å²) in [5.41, 5.74) is -2.25. The van der Waals surface area contributed by atoms with Crippen LogP contribution in [0.2, 0.25) is 0 Å². The number of aliphatic hydroxyl groups excluding tert-OH is 4. The molecular weight excluding hydrogens is 432 g/mol. The summed E-state index contributed by atoms with van der Waals surface area (Å²) in [5.74, 6) is -2.06. The van der Waals surface area contributed by atoms with Crippen LogP contribution in [0.3, 0.4) is 0 Å². The minimum absolute atomic E-state index is 0.130. The van der Waals surface area contributed by atoms with Gasteiger partial charge in [-0.1, -0.05) is 0 Å². The molecule has 0 saturated carbocycles. The van der Waals surface area contributed by atoms with Crippen molar-refractivity contribution in [2.45, 2.75) is 62.4 Å². The van der Waals surface area contributed by atoms with Gasteiger partial charge in [0, 0.05) is 17.0 Å². The summed E-state index contributed by atoms with van der Waals surface area (Å²) in [5, 5.41) is 60.8. The van der Waals surface area contributed by atoms with E-state index in [1.54, 1.807) is 0 Å². The van der Waals surface area contributed by atoms with Crippen LogP contribution in [0.25, 0.3) is 11.0 Å². The molecule has 32 heavy (non-hydrogen) atoms. The lowest BCUT2D eigenvalue weighted by atomic mass is 9.94. The number of fused-ring (bicyclic) bond motifs is 2. The molecule has 6 N–H and O–H groups in total. The highest BCUT2D eigenvalue weighted by molar-refractivity contribution is 5.87. The summed E-state index contributed by atoms with van der Waals surface area (Å²) in [6.45, 7) is 2.83. The van der Waals surface area contributed by atoms with Crippen LogP contribution in [0.5, 0.6) is 11.5 Å². The number of ether oxygens (including phenoxy) is 3. The van der Waals surface area contributed by atoms with Gasteiger partial charge >= 0.3 is 11.6 Å². The fraction of sp³-hybridized carbons (Fsp3) is 0.500. The molecule has 3 heterocycles. The second-order valence-electron chi connectivity index (χ2n) is 8.29. The van der Waals surface area contributed by atoms with Gasteiger partial charge in [0.25, 0.3) is 0 Å². The van der Waals surface area contributed by atoms with E-state index < -0.39 is 60.1 Å². The second-order valence-corrected chi connectivity index (χ2v) is 8.29. The van der Waals surface area contributed by atoms with E-state index in [0.717, 1.165) is 6.07 Å². The van der Waals surface area contributed by atoms with Crippen LogP contribution in [0.1, 0.15) is 25.5 Å². The topological polar surface area (TPSA) is 196 Å². The second kappa shape index (κ2) is 7.69. The quantitative estimate of drug-likeness (QED) is 0.297. The van der Waals surface area contributed by atoms with Crippen LogP contribution >= 0.6 is 0 Å². The van der Waals surface area contributed by atoms with Crippen molar-refractivity contribution in [2.24, 2.45) is 0 Å². The van der Waals surface area contributed by atoms with Gasteiger partial charge in [-0.25, -0.2) is 9.59 Å². The molecule has 0 spiro atoms. The molecule has 2 aromatic rings. The Morgan fingerprint density at radius 2 is 1.78 bits per heavy atom. The van der Waals surface area contributed by atoms with E-state index in [9.17, 15) is 40.2 Å². The number of carboxylic acids is 1. The normalized spacial score (nSPS) is 32.4. The maximum absolute atomic E-state index is 11.8. The number of aliphatic carboxylic acids is 1. The molecule has 1 fully saturated rings. The van der Waals surface area contributed by atoms with E-state index in [1.807, 2.05) is 0 Å². The average Bonchev–Trinajstić information content (AvgIpc) is 3.04. The number of aliphatic hydroxyl groups is 5. The summed E-state index contributed by atoms with van der Waals surface area (Å²) in [7, 11) is 0. The Hall–Kier alpha value is -2.74. The Morgan fingerprint density at radius 3 is 2.41 bits per heavy atom. The molecule has 2 aliphatic rings. The monoisotopic (exact) mass is 454 g/mol. The highest BCUT2D eigenvalue weighted by Gasteiger charge is 2.50. The Balaban J connectivity index is 1.83. The lowest BCUT2D eigenvalue weighted by molar-refractivity contribution is -0.271. The van der Waals surface area contributed by atoms with Crippen molar-refractivity contribution < 1.29 is 54.1 Å². The molecule has 4 rings (SSSR count). The van der Waals surface area contributed by atoms with E-state index >= 15 is 0 Å². The third-order valence-electron chi connectivity index (χ3n) is 5.44. The van der Waals surface area contributed by atoms with Gasteiger partial charge in [0.15, 0.2) is 23.5 Å². The Labute approximate surface area is 179 Å². The number of rotatable bonds is 4. The van der Waals surface area contributed by atoms with Crippen LogP contribution < -0.4 is 15.1 Å². The molecular formula is C20H22O12. The highest BCUT2D eigenvalue weighted by atomic mass is 16.7. The summed E-state index contributed by atoms with van der Waals surface area (Å²) < 4.78 is 21.7. The smallest absolute Gasteiger partial charge is 0.336 e. The molecule has 7 atom stereocenters. The van der Waals surface area contributed by atoms with Gasteiger partial charge in [0.2, 0.25) is 12.0 Å². The van der Waals surface area contributed by atoms with Crippen molar-refractivity contribution >= 4 is 16.9 Å². The van der Waals surface area contributed by atoms with Crippen molar-refractivity contribution in [3.05, 3.63) is 34.2 Å². The molecule has 0 aliphatic carbocycles. The molecule has 2 aliphatic heterocycles. The minimum Gasteiger partial charge on any atom is -0.480 e. The Morgan fingerprint density at radius 1 is 1.09 bits per heavy atom. The largest absolute Gasteiger partial charge is 0.480 e. The van der Waals surface area contributed by atoms with Crippen LogP contribution in [-0.2, 0) is 9.53 Å². The molecule has 12 heteroatoms. The minimum atomic E-state index is -1.93. The molecule has 0 radical (unpaired) electrons. The highest BCUT2D eigenvalue weighted by Crippen LogP contribution is 2.50. The van der Waals surface area contributed by atoms with E-state index in [2.05, 4.69) is 0 Å². The maximum Gasteiger partial charge on any atom is 0.336 e. The summed E-state index contributed by atoms with van der Waals surface area (Å²) in [6, 6.07) is 3.98. The number of hydrogen-bond donors (Lipinski definition) is 6. The maximum atomic E-state index is 11.8. The lowest BCUT2D eigenvalue weighted by Crippen LogP contribution is -2.61. The first kappa shape index (κ1) is 22.5. The first-order valence-corrected chi connectivity index (χ1v) is 9.67. The molecule has 12 nitrogen and oxygen atoms in total. The predicted octanol–water partition coefficient (Wildman–Crippen LogP) is -1.37. The van der Waals surface area contributed by atoms with E-state index in [1.165, 1.54) is 26.0 Å². The van der Waals surface area contributed by atoms with Gasteiger partial charge < -0.3 is 49.3 Å². The van der Waals surface area contributed by atoms with Gasteiger partial charge in [-0.15, -0.1) is 0 Å². The lowest BCUT2D eigenvalue weighted by Gasteiger charge is -2.38. The molecule has 0 amide bonds. The Kier molecular flexibility index (Phi) is 5.40. The Bertz CT molecular complexity index is 1100. The van der Waals surface area contributed by atoms with Crippen molar-refractivity contribution in [1.29, 1.82) is 0 Å². The van der Waals surface area contributed by atoms with Crippen molar-refractivity contribution in [3.8, 4) is 11.5 Å². The molecule has 7 unspecified atom stereocenters. The van der Waals surface area contributed by atoms with Crippen LogP contribution in [-0.4, -0.2) is 79.0 Å². The van der Waals surface area contributed by atoms with E-state index in [4.69, 9.17) is 18.6 Å². The standard InChI is InChI=1S/C20H22O12/c1-20(2,28)17-9(22)7-5-6-3-4-8(21)29-13(6)16(14(7)30-17)32-19-12(25)10(23)11(24)15(31-19)18(26)27/h3-5,9-12,15,17,19,22-25,28H,1-2H3,(H,26,27). The van der Waals surface area contributed by atoms with E-state index in [-0.39, 0.29) is 28.0 Å². The van der Waals surface area contributed by atoms with E-state index in [0.29, 0.717) is 0 Å². The zero-order valence-electron chi connectivity index (χ0n) is 16.9. The fourth-order valence-electron chi connectivity index (χ4n) is 3.78. The first-order valence-electron chi connectivity index (χ1n) is 9.67. The van der Waals surface area contributed by atoms with Gasteiger partial charge in [-0.2, -0.15) is 0 Å². The van der Waals surface area contributed by atoms with Crippen molar-refractivity contribution in [1.82, 2.24) is 0 Å². The zero-order chi connectivity index (χ0) is 23.5. The summed E-state index contributed by atoms with van der Waals surface area (Å²) in [4.78, 5) is 23.2. The predicted molar refractivity (Wildman–Crippen MR) is 103 cm³/mol. The third-order valence-corrected chi connectivity index (χ3v) is 5.44. The zero-order valence-corrected chi connectivity index (χ0v) is 16.9. The number of carboxylic acid groups (broad SMARTS) is 1.